The van der Waals surface area contributed by atoms with Gasteiger partial charge in [0.15, 0.2) is 0 Å². The molecule has 0 unspecified atom stereocenters. The normalized spacial score (nSPS) is 14.9. The smallest absolute Gasteiger partial charge is 0.243 e. The molecule has 0 spiro atoms. The van der Waals surface area contributed by atoms with Crippen LogP contribution in [-0.4, -0.2) is 35.5 Å². The summed E-state index contributed by atoms with van der Waals surface area (Å²) in [7, 11) is 0. The second-order valence-electron chi connectivity index (χ2n) is 7.84. The van der Waals surface area contributed by atoms with E-state index in [9.17, 15) is 9.59 Å². The predicted molar refractivity (Wildman–Crippen MR) is 139 cm³/mol. The molecule has 3 aromatic carbocycles. The van der Waals surface area contributed by atoms with Crippen molar-refractivity contribution in [3.05, 3.63) is 87.5 Å². The molecule has 4 rings (SSSR count). The van der Waals surface area contributed by atoms with E-state index in [2.05, 4.69) is 27.7 Å². The zero-order valence-electron chi connectivity index (χ0n) is 19.1. The Hall–Kier alpha value is -3.40. The lowest BCUT2D eigenvalue weighted by Gasteiger charge is -2.28. The average Bonchev–Trinajstić information content (AvgIpc) is 3.23. The number of para-hydroxylation sites is 1. The molecule has 0 N–H and O–H groups in total. The van der Waals surface area contributed by atoms with Crippen molar-refractivity contribution >= 4 is 46.0 Å². The molecule has 7 nitrogen and oxygen atoms in total. The highest BCUT2D eigenvalue weighted by Gasteiger charge is 2.34. The highest BCUT2D eigenvalue weighted by Crippen LogP contribution is 2.27. The number of halogens is 1. The third-order valence-corrected chi connectivity index (χ3v) is 5.94. The summed E-state index contributed by atoms with van der Waals surface area (Å²) < 4.78 is 13.1. The molecule has 1 atom stereocenters. The van der Waals surface area contributed by atoms with E-state index < -0.39 is 6.23 Å². The largest absolute Gasteiger partial charge is 0.457 e. The molecule has 174 valence electrons. The van der Waals surface area contributed by atoms with Crippen molar-refractivity contribution in [1.82, 2.24) is 5.01 Å². The number of carbonyl (C=O) groups excluding carboxylic acids is 2. The maximum absolute atomic E-state index is 12.5. The molecule has 1 aliphatic heterocycles. The summed E-state index contributed by atoms with van der Waals surface area (Å²) in [6.45, 7) is 5.01. The van der Waals surface area contributed by atoms with Crippen LogP contribution in [0.4, 0.5) is 5.69 Å². The Morgan fingerprint density at radius 3 is 2.44 bits per heavy atom. The number of anilines is 1. The van der Waals surface area contributed by atoms with E-state index in [4.69, 9.17) is 9.47 Å². The van der Waals surface area contributed by atoms with Crippen molar-refractivity contribution in [2.75, 3.05) is 11.4 Å². The second-order valence-corrected chi connectivity index (χ2v) is 9.09. The van der Waals surface area contributed by atoms with E-state index in [-0.39, 0.29) is 18.4 Å². The summed E-state index contributed by atoms with van der Waals surface area (Å²) in [6, 6.07) is 22.6. The standard InChI is InChI=1S/C26H24IN3O4/c1-17-14-21(27)12-13-24(17)29(18(2)31)16-25-30(19(3)32)28-26(34-25)20-8-7-11-23(15-20)33-22-9-5-4-6-10-22/h4-15,25H,16H2,1-3H3/t25-/m0/s1. The average molecular weight is 569 g/mol. The minimum absolute atomic E-state index is 0.142. The van der Waals surface area contributed by atoms with Crippen molar-refractivity contribution in [1.29, 1.82) is 0 Å². The first kappa shape index (κ1) is 23.7. The fraction of sp³-hybridized carbons (Fsp3) is 0.192. The molecule has 2 amide bonds. The number of nitrogens with zero attached hydrogens (tertiary/aromatic N) is 3. The topological polar surface area (TPSA) is 71.4 Å². The highest BCUT2D eigenvalue weighted by atomic mass is 127. The van der Waals surface area contributed by atoms with Crippen LogP contribution < -0.4 is 9.64 Å². The Kier molecular flexibility index (Phi) is 7.16. The number of benzene rings is 3. The van der Waals surface area contributed by atoms with E-state index in [1.54, 1.807) is 11.0 Å². The first-order chi connectivity index (χ1) is 16.3. The van der Waals surface area contributed by atoms with Crippen LogP contribution in [0.3, 0.4) is 0 Å². The summed E-state index contributed by atoms with van der Waals surface area (Å²) >= 11 is 2.23. The van der Waals surface area contributed by atoms with E-state index in [0.29, 0.717) is 23.0 Å². The van der Waals surface area contributed by atoms with Gasteiger partial charge in [-0.25, -0.2) is 0 Å². The van der Waals surface area contributed by atoms with Gasteiger partial charge in [0.2, 0.25) is 23.9 Å². The number of rotatable bonds is 6. The Bertz CT molecular complexity index is 1250. The van der Waals surface area contributed by atoms with Gasteiger partial charge in [-0.05, 0) is 83.6 Å². The van der Waals surface area contributed by atoms with Crippen LogP contribution in [0.5, 0.6) is 11.5 Å². The summed E-state index contributed by atoms with van der Waals surface area (Å²) in [4.78, 5) is 26.5. The van der Waals surface area contributed by atoms with Crippen molar-refractivity contribution in [2.45, 2.75) is 27.0 Å². The van der Waals surface area contributed by atoms with Gasteiger partial charge in [-0.2, -0.15) is 5.01 Å². The first-order valence-corrected chi connectivity index (χ1v) is 11.8. The Morgan fingerprint density at radius 2 is 1.76 bits per heavy atom. The zero-order valence-corrected chi connectivity index (χ0v) is 21.2. The predicted octanol–water partition coefficient (Wildman–Crippen LogP) is 5.31. The minimum Gasteiger partial charge on any atom is -0.457 e. The van der Waals surface area contributed by atoms with Gasteiger partial charge in [-0.1, -0.05) is 24.3 Å². The molecule has 34 heavy (non-hydrogen) atoms. The molecule has 0 saturated heterocycles. The number of aryl methyl sites for hydroxylation is 1. The molecule has 0 saturated carbocycles. The quantitative estimate of drug-likeness (QED) is 0.378. The Labute approximate surface area is 212 Å². The molecule has 3 aromatic rings. The minimum atomic E-state index is -0.756. The maximum Gasteiger partial charge on any atom is 0.243 e. The van der Waals surface area contributed by atoms with Crippen LogP contribution in [0.2, 0.25) is 0 Å². The first-order valence-electron chi connectivity index (χ1n) is 10.7. The van der Waals surface area contributed by atoms with E-state index in [1.807, 2.05) is 73.7 Å². The lowest BCUT2D eigenvalue weighted by Crippen LogP contribution is -2.44. The molecular weight excluding hydrogens is 545 g/mol. The van der Waals surface area contributed by atoms with Gasteiger partial charge in [0.05, 0.1) is 6.54 Å². The van der Waals surface area contributed by atoms with Crippen LogP contribution in [-0.2, 0) is 14.3 Å². The SMILES string of the molecule is CC(=O)N(C[C@@H]1OC(c2cccc(Oc3ccccc3)c2)=NN1C(C)=O)c1ccc(I)cc1C. The van der Waals surface area contributed by atoms with Gasteiger partial charge in [-0.15, -0.1) is 5.10 Å². The van der Waals surface area contributed by atoms with Crippen LogP contribution in [0.25, 0.3) is 0 Å². The van der Waals surface area contributed by atoms with Gasteiger partial charge >= 0.3 is 0 Å². The molecule has 0 bridgehead atoms. The van der Waals surface area contributed by atoms with Crippen molar-refractivity contribution in [2.24, 2.45) is 5.10 Å². The lowest BCUT2D eigenvalue weighted by atomic mass is 10.1. The van der Waals surface area contributed by atoms with Crippen LogP contribution >= 0.6 is 22.6 Å². The van der Waals surface area contributed by atoms with Gasteiger partial charge in [0.25, 0.3) is 0 Å². The third-order valence-electron chi connectivity index (χ3n) is 5.27. The second kappa shape index (κ2) is 10.3. The van der Waals surface area contributed by atoms with Crippen molar-refractivity contribution < 1.29 is 19.1 Å². The fourth-order valence-corrected chi connectivity index (χ4v) is 4.32. The number of ether oxygens (including phenoxy) is 2. The molecule has 0 aromatic heterocycles. The third kappa shape index (κ3) is 5.39. The summed E-state index contributed by atoms with van der Waals surface area (Å²) in [5.41, 5.74) is 2.40. The van der Waals surface area contributed by atoms with E-state index in [0.717, 1.165) is 14.8 Å². The fourth-order valence-electron chi connectivity index (χ4n) is 3.67. The van der Waals surface area contributed by atoms with Gasteiger partial charge in [0.1, 0.15) is 11.5 Å². The van der Waals surface area contributed by atoms with Crippen LogP contribution in [0, 0.1) is 10.5 Å². The summed E-state index contributed by atoms with van der Waals surface area (Å²) in [5, 5.41) is 5.69. The zero-order chi connectivity index (χ0) is 24.2. The number of hydrogen-bond acceptors (Lipinski definition) is 5. The number of carbonyl (C=O) groups is 2. The Balaban J connectivity index is 1.57. The highest BCUT2D eigenvalue weighted by molar-refractivity contribution is 14.1. The van der Waals surface area contributed by atoms with Crippen LogP contribution in [0.15, 0.2) is 77.9 Å². The van der Waals surface area contributed by atoms with Crippen molar-refractivity contribution in [3.63, 3.8) is 0 Å². The number of hydrazone groups is 1. The molecule has 8 heteroatoms. The van der Waals surface area contributed by atoms with Gasteiger partial charge in [0, 0.05) is 28.7 Å². The molecule has 0 aliphatic carbocycles. The molecular formula is C26H24IN3O4. The number of hydrogen-bond donors (Lipinski definition) is 0. The maximum atomic E-state index is 12.5. The van der Waals surface area contributed by atoms with Crippen molar-refractivity contribution in [3.8, 4) is 11.5 Å². The number of amides is 2. The Morgan fingerprint density at radius 1 is 1.03 bits per heavy atom. The van der Waals surface area contributed by atoms with E-state index >= 15 is 0 Å². The summed E-state index contributed by atoms with van der Waals surface area (Å²) in [5.74, 6) is 1.19. The molecule has 0 radical (unpaired) electrons. The monoisotopic (exact) mass is 569 g/mol. The lowest BCUT2D eigenvalue weighted by molar-refractivity contribution is -0.135. The molecule has 1 heterocycles. The molecule has 1 aliphatic rings. The van der Waals surface area contributed by atoms with E-state index in [1.165, 1.54) is 18.9 Å². The van der Waals surface area contributed by atoms with Gasteiger partial charge in [-0.3, -0.25) is 9.59 Å². The molecule has 0 fully saturated rings. The summed E-state index contributed by atoms with van der Waals surface area (Å²) in [6.07, 6.45) is -0.756. The van der Waals surface area contributed by atoms with Gasteiger partial charge < -0.3 is 14.4 Å². The van der Waals surface area contributed by atoms with Crippen LogP contribution in [0.1, 0.15) is 25.0 Å².